The van der Waals surface area contributed by atoms with Gasteiger partial charge in [-0.2, -0.15) is 0 Å². The Morgan fingerprint density at radius 2 is 0.800 bits per heavy atom. The first-order chi connectivity index (χ1) is 24.8. The summed E-state index contributed by atoms with van der Waals surface area (Å²) in [5.74, 6) is 0. The van der Waals surface area contributed by atoms with E-state index in [0.717, 1.165) is 0 Å². The number of benzene rings is 7. The van der Waals surface area contributed by atoms with Gasteiger partial charge in [0.1, 0.15) is 0 Å². The molecule has 0 amide bonds. The van der Waals surface area contributed by atoms with Crippen LogP contribution >= 0.6 is 0 Å². The van der Waals surface area contributed by atoms with Gasteiger partial charge in [-0.25, -0.2) is 0 Å². The molecule has 11 rings (SSSR count). The van der Waals surface area contributed by atoms with Crippen LogP contribution in [0, 0.1) is 0 Å². The summed E-state index contributed by atoms with van der Waals surface area (Å²) >= 11 is 0. The molecule has 1 heteroatoms. The van der Waals surface area contributed by atoms with Crippen molar-refractivity contribution < 1.29 is 0 Å². The number of pyridine rings is 1. The maximum atomic E-state index is 4.22. The molecule has 1 spiro atoms. The van der Waals surface area contributed by atoms with Crippen LogP contribution in [0.5, 0.6) is 0 Å². The lowest BCUT2D eigenvalue weighted by Gasteiger charge is -2.48. The van der Waals surface area contributed by atoms with Gasteiger partial charge in [0.25, 0.3) is 0 Å². The minimum Gasteiger partial charge on any atom is -0.265 e. The van der Waals surface area contributed by atoms with E-state index in [0.29, 0.717) is 0 Å². The van der Waals surface area contributed by atoms with Gasteiger partial charge in [0.15, 0.2) is 0 Å². The van der Waals surface area contributed by atoms with Gasteiger partial charge in [0, 0.05) is 12.4 Å². The molecule has 50 heavy (non-hydrogen) atoms. The van der Waals surface area contributed by atoms with Crippen LogP contribution in [0.2, 0.25) is 0 Å². The van der Waals surface area contributed by atoms with Crippen LogP contribution in [-0.2, 0) is 10.8 Å². The summed E-state index contributed by atoms with van der Waals surface area (Å²) in [5, 5.41) is 0. The number of rotatable bonds is 3. The SMILES string of the molecule is c1ccc(C23c4ccccc4-c4cccc(c42)C2(c4ccccc4-c4c(-c5ccc(-c6ccncc6)cc5)cccc42)c2ccccc23)cc1. The third-order valence-corrected chi connectivity index (χ3v) is 11.7. The van der Waals surface area contributed by atoms with Crippen LogP contribution in [-0.4, -0.2) is 4.98 Å². The van der Waals surface area contributed by atoms with Crippen LogP contribution in [0.3, 0.4) is 0 Å². The summed E-state index contributed by atoms with van der Waals surface area (Å²) in [5.41, 5.74) is 20.2. The van der Waals surface area contributed by atoms with Crippen LogP contribution in [0.25, 0.3) is 44.5 Å². The highest BCUT2D eigenvalue weighted by Gasteiger charge is 2.59. The lowest BCUT2D eigenvalue weighted by Crippen LogP contribution is -2.43. The first-order valence-corrected chi connectivity index (χ1v) is 17.5. The Kier molecular flexibility index (Phi) is 5.58. The van der Waals surface area contributed by atoms with Gasteiger partial charge in [0.05, 0.1) is 10.8 Å². The Morgan fingerprint density at radius 1 is 0.300 bits per heavy atom. The second-order valence-electron chi connectivity index (χ2n) is 13.8. The molecule has 3 aliphatic carbocycles. The molecular weight excluding hydrogens is 603 g/mol. The van der Waals surface area contributed by atoms with Crippen molar-refractivity contribution in [1.29, 1.82) is 0 Å². The number of fused-ring (bicyclic) bond motifs is 12. The zero-order chi connectivity index (χ0) is 32.9. The Balaban J connectivity index is 1.25. The van der Waals surface area contributed by atoms with Gasteiger partial charge in [0.2, 0.25) is 0 Å². The minimum atomic E-state index is -0.485. The molecule has 232 valence electrons. The standard InChI is InChI=1S/C49H31N/c1-2-12-35(13-3-1)48-40-18-6-4-14-37(40)38-17-11-23-45(47(38)48)49(43-21-9-8-20-42(43)48)41-19-7-5-15-39(41)46-36(16-10-22-44(46)49)34-26-24-32(25-27-34)33-28-30-50-31-29-33/h1-31H. The summed E-state index contributed by atoms with van der Waals surface area (Å²) in [4.78, 5) is 4.22. The maximum absolute atomic E-state index is 4.22. The van der Waals surface area contributed by atoms with Gasteiger partial charge in [-0.1, -0.05) is 164 Å². The average Bonchev–Trinajstić information content (AvgIpc) is 3.67. The predicted octanol–water partition coefficient (Wildman–Crippen LogP) is 11.5. The van der Waals surface area contributed by atoms with Crippen molar-refractivity contribution in [3.05, 3.63) is 233 Å². The van der Waals surface area contributed by atoms with Crippen molar-refractivity contribution in [2.45, 2.75) is 10.8 Å². The molecule has 2 atom stereocenters. The lowest BCUT2D eigenvalue weighted by molar-refractivity contribution is 0.636. The fourth-order valence-electron chi connectivity index (χ4n) is 9.91. The summed E-state index contributed by atoms with van der Waals surface area (Å²) in [6.45, 7) is 0. The van der Waals surface area contributed by atoms with E-state index in [2.05, 4.69) is 181 Å². The van der Waals surface area contributed by atoms with Gasteiger partial charge < -0.3 is 0 Å². The number of nitrogens with zero attached hydrogens (tertiary/aromatic N) is 1. The minimum absolute atomic E-state index is 0.427. The second-order valence-corrected chi connectivity index (χ2v) is 13.8. The summed E-state index contributed by atoms with van der Waals surface area (Å²) in [7, 11) is 0. The topological polar surface area (TPSA) is 12.9 Å². The van der Waals surface area contributed by atoms with Crippen molar-refractivity contribution >= 4 is 0 Å². The van der Waals surface area contributed by atoms with Gasteiger partial charge in [-0.15, -0.1) is 0 Å². The number of hydrogen-bond donors (Lipinski definition) is 0. The van der Waals surface area contributed by atoms with Crippen molar-refractivity contribution in [2.75, 3.05) is 0 Å². The van der Waals surface area contributed by atoms with E-state index < -0.39 is 10.8 Å². The summed E-state index contributed by atoms with van der Waals surface area (Å²) < 4.78 is 0. The van der Waals surface area contributed by atoms with Crippen LogP contribution < -0.4 is 0 Å². The van der Waals surface area contributed by atoms with Crippen molar-refractivity contribution in [3.8, 4) is 44.5 Å². The fourth-order valence-corrected chi connectivity index (χ4v) is 9.91. The van der Waals surface area contributed by atoms with E-state index in [1.807, 2.05) is 12.4 Å². The summed E-state index contributed by atoms with van der Waals surface area (Å²) in [6, 6.07) is 66.1. The molecule has 0 aliphatic heterocycles. The van der Waals surface area contributed by atoms with Crippen molar-refractivity contribution in [3.63, 3.8) is 0 Å². The third kappa shape index (κ3) is 3.30. The smallest absolute Gasteiger partial charge is 0.0720 e. The Hall–Kier alpha value is -6.31. The van der Waals surface area contributed by atoms with Crippen LogP contribution in [0.1, 0.15) is 44.5 Å². The van der Waals surface area contributed by atoms with E-state index in [9.17, 15) is 0 Å². The largest absolute Gasteiger partial charge is 0.265 e. The Labute approximate surface area is 292 Å². The molecule has 0 saturated carbocycles. The second kappa shape index (κ2) is 10.1. The lowest BCUT2D eigenvalue weighted by atomic mass is 9.52. The molecule has 0 fully saturated rings. The highest BCUT2D eigenvalue weighted by Crippen LogP contribution is 2.69. The van der Waals surface area contributed by atoms with E-state index in [4.69, 9.17) is 0 Å². The van der Waals surface area contributed by atoms with Gasteiger partial charge in [-0.05, 0) is 101 Å². The average molecular weight is 634 g/mol. The maximum Gasteiger partial charge on any atom is 0.0720 e. The van der Waals surface area contributed by atoms with E-state index in [1.54, 1.807) is 0 Å². The van der Waals surface area contributed by atoms with E-state index in [1.165, 1.54) is 89.0 Å². The molecule has 8 aromatic rings. The number of hydrogen-bond acceptors (Lipinski definition) is 1. The molecule has 1 aromatic heterocycles. The molecule has 1 heterocycles. The molecule has 0 N–H and O–H groups in total. The Bertz CT molecular complexity index is 2640. The van der Waals surface area contributed by atoms with Gasteiger partial charge >= 0.3 is 0 Å². The highest BCUT2D eigenvalue weighted by atomic mass is 14.6. The summed E-state index contributed by atoms with van der Waals surface area (Å²) in [6.07, 6.45) is 3.72. The molecule has 7 aromatic carbocycles. The normalized spacial score (nSPS) is 18.6. The first kappa shape index (κ1) is 27.6. The first-order valence-electron chi connectivity index (χ1n) is 17.5. The zero-order valence-electron chi connectivity index (χ0n) is 27.3. The zero-order valence-corrected chi connectivity index (χ0v) is 27.3. The van der Waals surface area contributed by atoms with Crippen molar-refractivity contribution in [1.82, 2.24) is 4.98 Å². The van der Waals surface area contributed by atoms with Crippen molar-refractivity contribution in [2.24, 2.45) is 0 Å². The predicted molar refractivity (Wildman–Crippen MR) is 203 cm³/mol. The van der Waals surface area contributed by atoms with E-state index in [-0.39, 0.29) is 0 Å². The molecule has 3 aliphatic rings. The number of aromatic nitrogens is 1. The monoisotopic (exact) mass is 633 g/mol. The molecular formula is C49H31N. The molecule has 0 bridgehead atoms. The molecule has 1 nitrogen and oxygen atoms in total. The quantitative estimate of drug-likeness (QED) is 0.189. The highest BCUT2D eigenvalue weighted by molar-refractivity contribution is 5.99. The van der Waals surface area contributed by atoms with Crippen LogP contribution in [0.4, 0.5) is 0 Å². The third-order valence-electron chi connectivity index (χ3n) is 11.7. The van der Waals surface area contributed by atoms with Gasteiger partial charge in [-0.3, -0.25) is 4.98 Å². The van der Waals surface area contributed by atoms with Crippen LogP contribution in [0.15, 0.2) is 188 Å². The Morgan fingerprint density at radius 3 is 1.54 bits per heavy atom. The van der Waals surface area contributed by atoms with E-state index >= 15 is 0 Å². The fraction of sp³-hybridized carbons (Fsp3) is 0.0408. The molecule has 0 radical (unpaired) electrons. The molecule has 0 saturated heterocycles. The molecule has 2 unspecified atom stereocenters.